The molecule has 1 aromatic carbocycles. The topological polar surface area (TPSA) is 101 Å². The lowest BCUT2D eigenvalue weighted by molar-refractivity contribution is -0.133. The van der Waals surface area contributed by atoms with E-state index in [0.29, 0.717) is 28.5 Å². The van der Waals surface area contributed by atoms with Crippen LogP contribution in [0.4, 0.5) is 10.5 Å². The average Bonchev–Trinajstić information content (AvgIpc) is 3.07. The van der Waals surface area contributed by atoms with E-state index in [1.165, 1.54) is 7.11 Å². The van der Waals surface area contributed by atoms with Gasteiger partial charge in [0.1, 0.15) is 29.4 Å². The van der Waals surface area contributed by atoms with Crippen molar-refractivity contribution in [3.63, 3.8) is 0 Å². The summed E-state index contributed by atoms with van der Waals surface area (Å²) in [6.45, 7) is 4.70. The summed E-state index contributed by atoms with van der Waals surface area (Å²) in [6, 6.07) is 7.89. The Morgan fingerprint density at radius 2 is 2.04 bits per heavy atom. The summed E-state index contributed by atoms with van der Waals surface area (Å²) in [5.74, 6) is 0.779. The number of ether oxygens (including phenoxy) is 1. The van der Waals surface area contributed by atoms with Crippen LogP contribution < -0.4 is 15.4 Å². The smallest absolute Gasteiger partial charge is 0.325 e. The fourth-order valence-corrected chi connectivity index (χ4v) is 3.20. The van der Waals surface area contributed by atoms with Crippen LogP contribution in [0.5, 0.6) is 5.75 Å². The monoisotopic (exact) mass is 371 g/mol. The van der Waals surface area contributed by atoms with Gasteiger partial charge in [-0.1, -0.05) is 6.07 Å². The van der Waals surface area contributed by atoms with Crippen molar-refractivity contribution in [1.82, 2.24) is 10.2 Å². The van der Waals surface area contributed by atoms with Crippen molar-refractivity contribution in [2.24, 2.45) is 0 Å². The van der Waals surface area contributed by atoms with E-state index < -0.39 is 29.9 Å². The summed E-state index contributed by atoms with van der Waals surface area (Å²) in [7, 11) is 1.52. The second kappa shape index (κ2) is 6.79. The minimum atomic E-state index is -1.27. The molecule has 8 nitrogen and oxygen atoms in total. The third-order valence-corrected chi connectivity index (χ3v) is 4.51. The Labute approximate surface area is 156 Å². The van der Waals surface area contributed by atoms with Crippen LogP contribution in [-0.2, 0) is 15.1 Å². The van der Waals surface area contributed by atoms with Crippen LogP contribution in [0.15, 0.2) is 34.7 Å². The number of amides is 4. The van der Waals surface area contributed by atoms with Crippen molar-refractivity contribution < 1.29 is 23.5 Å². The number of carbonyl (C=O) groups is 3. The molecular formula is C19H21N3O5. The van der Waals surface area contributed by atoms with E-state index in [9.17, 15) is 14.4 Å². The van der Waals surface area contributed by atoms with Gasteiger partial charge in [0.15, 0.2) is 0 Å². The van der Waals surface area contributed by atoms with Crippen molar-refractivity contribution in [3.8, 4) is 5.75 Å². The molecule has 27 heavy (non-hydrogen) atoms. The number of imide groups is 1. The lowest BCUT2D eigenvalue weighted by Gasteiger charge is -2.21. The van der Waals surface area contributed by atoms with Crippen LogP contribution in [0.1, 0.15) is 24.0 Å². The number of nitrogens with zero attached hydrogens (tertiary/aromatic N) is 1. The molecule has 1 saturated heterocycles. The van der Waals surface area contributed by atoms with Gasteiger partial charge in [0.2, 0.25) is 5.91 Å². The number of rotatable bonds is 5. The van der Waals surface area contributed by atoms with Gasteiger partial charge < -0.3 is 19.8 Å². The molecule has 2 aromatic rings. The summed E-state index contributed by atoms with van der Waals surface area (Å²) in [5.41, 5.74) is -0.181. The van der Waals surface area contributed by atoms with Gasteiger partial charge in [-0.05, 0) is 39.0 Å². The highest BCUT2D eigenvalue weighted by Gasteiger charge is 2.51. The first-order chi connectivity index (χ1) is 12.7. The van der Waals surface area contributed by atoms with E-state index in [-0.39, 0.29) is 0 Å². The second-order valence-corrected chi connectivity index (χ2v) is 6.55. The zero-order valence-electron chi connectivity index (χ0n) is 15.6. The SMILES string of the molecule is COc1cccc(NC(=O)CN2C(=O)NC(C)(c3cc(C)oc3C)C2=O)c1. The van der Waals surface area contributed by atoms with E-state index in [0.717, 1.165) is 4.90 Å². The van der Waals surface area contributed by atoms with Crippen LogP contribution in [0.3, 0.4) is 0 Å². The fourth-order valence-electron chi connectivity index (χ4n) is 3.20. The molecule has 0 radical (unpaired) electrons. The maximum atomic E-state index is 12.9. The zero-order chi connectivity index (χ0) is 19.8. The number of methoxy groups -OCH3 is 1. The number of benzene rings is 1. The molecule has 1 atom stereocenters. The maximum absolute atomic E-state index is 12.9. The maximum Gasteiger partial charge on any atom is 0.325 e. The lowest BCUT2D eigenvalue weighted by Crippen LogP contribution is -2.42. The number of urea groups is 1. The summed E-state index contributed by atoms with van der Waals surface area (Å²) in [6.07, 6.45) is 0. The first-order valence-electron chi connectivity index (χ1n) is 8.40. The molecule has 142 valence electrons. The molecule has 4 amide bonds. The van der Waals surface area contributed by atoms with Crippen LogP contribution in [0.25, 0.3) is 0 Å². The van der Waals surface area contributed by atoms with Gasteiger partial charge in [0.25, 0.3) is 5.91 Å². The Bertz CT molecular complexity index is 920. The number of carbonyl (C=O) groups excluding carboxylic acids is 3. The molecule has 1 unspecified atom stereocenters. The Morgan fingerprint density at radius 1 is 1.30 bits per heavy atom. The molecule has 2 N–H and O–H groups in total. The van der Waals surface area contributed by atoms with E-state index in [1.54, 1.807) is 51.1 Å². The van der Waals surface area contributed by atoms with E-state index >= 15 is 0 Å². The third kappa shape index (κ3) is 3.38. The summed E-state index contributed by atoms with van der Waals surface area (Å²) in [4.78, 5) is 38.5. The van der Waals surface area contributed by atoms with Gasteiger partial charge >= 0.3 is 6.03 Å². The van der Waals surface area contributed by atoms with Crippen molar-refractivity contribution in [3.05, 3.63) is 47.4 Å². The van der Waals surface area contributed by atoms with Crippen LogP contribution in [0, 0.1) is 13.8 Å². The minimum absolute atomic E-state index is 0.395. The van der Waals surface area contributed by atoms with E-state index in [1.807, 2.05) is 0 Å². The van der Waals surface area contributed by atoms with Crippen molar-refractivity contribution in [2.75, 3.05) is 19.0 Å². The standard InChI is InChI=1S/C19H21N3O5/c1-11-8-15(12(2)27-11)19(3)17(24)22(18(25)21-19)10-16(23)20-13-6-5-7-14(9-13)26-4/h5-9H,10H2,1-4H3,(H,20,23)(H,21,25). The van der Waals surface area contributed by atoms with Crippen molar-refractivity contribution in [2.45, 2.75) is 26.3 Å². The van der Waals surface area contributed by atoms with Crippen LogP contribution >= 0.6 is 0 Å². The molecule has 0 bridgehead atoms. The summed E-state index contributed by atoms with van der Waals surface area (Å²) < 4.78 is 10.6. The average molecular weight is 371 g/mol. The number of nitrogens with one attached hydrogen (secondary N) is 2. The fraction of sp³-hybridized carbons (Fsp3) is 0.316. The summed E-state index contributed by atoms with van der Waals surface area (Å²) in [5, 5.41) is 5.32. The van der Waals surface area contributed by atoms with Gasteiger partial charge in [0, 0.05) is 17.3 Å². The van der Waals surface area contributed by atoms with E-state index in [4.69, 9.17) is 9.15 Å². The van der Waals surface area contributed by atoms with Gasteiger partial charge in [-0.3, -0.25) is 14.5 Å². The highest BCUT2D eigenvalue weighted by molar-refractivity contribution is 6.10. The Kier molecular flexibility index (Phi) is 4.65. The largest absolute Gasteiger partial charge is 0.497 e. The van der Waals surface area contributed by atoms with E-state index in [2.05, 4.69) is 10.6 Å². The Balaban J connectivity index is 1.75. The van der Waals surface area contributed by atoms with Gasteiger partial charge in [-0.2, -0.15) is 0 Å². The third-order valence-electron chi connectivity index (χ3n) is 4.51. The predicted octanol–water partition coefficient (Wildman–Crippen LogP) is 2.31. The van der Waals surface area contributed by atoms with Crippen LogP contribution in [-0.4, -0.2) is 36.4 Å². The highest BCUT2D eigenvalue weighted by atomic mass is 16.5. The summed E-state index contributed by atoms with van der Waals surface area (Å²) >= 11 is 0. The molecule has 1 aliphatic rings. The first-order valence-corrected chi connectivity index (χ1v) is 8.40. The minimum Gasteiger partial charge on any atom is -0.497 e. The number of hydrogen-bond acceptors (Lipinski definition) is 5. The molecule has 0 spiro atoms. The normalized spacial score (nSPS) is 19.2. The number of hydrogen-bond donors (Lipinski definition) is 2. The molecule has 1 aromatic heterocycles. The quantitative estimate of drug-likeness (QED) is 0.786. The van der Waals surface area contributed by atoms with Crippen molar-refractivity contribution in [1.29, 1.82) is 0 Å². The number of anilines is 1. The first kappa shape index (κ1) is 18.5. The number of furan rings is 1. The zero-order valence-corrected chi connectivity index (χ0v) is 15.6. The predicted molar refractivity (Wildman–Crippen MR) is 97.4 cm³/mol. The van der Waals surface area contributed by atoms with Gasteiger partial charge in [-0.15, -0.1) is 0 Å². The van der Waals surface area contributed by atoms with Crippen LogP contribution in [0.2, 0.25) is 0 Å². The van der Waals surface area contributed by atoms with Gasteiger partial charge in [-0.25, -0.2) is 4.79 Å². The van der Waals surface area contributed by atoms with Crippen molar-refractivity contribution >= 4 is 23.5 Å². The highest BCUT2D eigenvalue weighted by Crippen LogP contribution is 2.32. The molecule has 1 fully saturated rings. The van der Waals surface area contributed by atoms with Gasteiger partial charge in [0.05, 0.1) is 7.11 Å². The molecule has 3 rings (SSSR count). The lowest BCUT2D eigenvalue weighted by atomic mass is 9.92. The Morgan fingerprint density at radius 3 is 2.67 bits per heavy atom. The molecule has 2 heterocycles. The molecular weight excluding hydrogens is 350 g/mol. The molecule has 8 heteroatoms. The second-order valence-electron chi connectivity index (χ2n) is 6.55. The molecule has 0 aliphatic carbocycles. The molecule has 0 saturated carbocycles. The number of aryl methyl sites for hydroxylation is 2. The molecule has 1 aliphatic heterocycles. The Hall–Kier alpha value is -3.29.